The van der Waals surface area contributed by atoms with Crippen molar-refractivity contribution in [1.82, 2.24) is 0 Å². The van der Waals surface area contributed by atoms with Gasteiger partial charge in [0.25, 0.3) is 0 Å². The van der Waals surface area contributed by atoms with Gasteiger partial charge in [0.2, 0.25) is 0 Å². The van der Waals surface area contributed by atoms with Crippen molar-refractivity contribution >= 4 is 14.5 Å². The first-order chi connectivity index (χ1) is 8.71. The summed E-state index contributed by atoms with van der Waals surface area (Å²) in [5.74, 6) is 1.02. The molecule has 0 saturated heterocycles. The minimum Gasteiger partial charge on any atom is -0.496 e. The third-order valence-corrected chi connectivity index (χ3v) is 5.02. The van der Waals surface area contributed by atoms with Crippen LogP contribution in [0.2, 0.25) is 0 Å². The average Bonchev–Trinajstić information content (AvgIpc) is 2.38. The lowest BCUT2D eigenvalue weighted by molar-refractivity contribution is 0.380. The summed E-state index contributed by atoms with van der Waals surface area (Å²) in [5, 5.41) is 1.30. The summed E-state index contributed by atoms with van der Waals surface area (Å²) in [6.45, 7) is 13.8. The van der Waals surface area contributed by atoms with Crippen LogP contribution in [0.1, 0.15) is 65.5 Å². The van der Waals surface area contributed by atoms with Gasteiger partial charge < -0.3 is 4.74 Å². The van der Waals surface area contributed by atoms with Gasteiger partial charge in [-0.05, 0) is 40.6 Å². The molecule has 0 spiro atoms. The Morgan fingerprint density at radius 3 is 1.84 bits per heavy atom. The maximum Gasteiger partial charge on any atom is 0.122 e. The smallest absolute Gasteiger partial charge is 0.122 e. The monoisotopic (exact) mass is 280 g/mol. The third-order valence-electron chi connectivity index (χ3n) is 4.54. The van der Waals surface area contributed by atoms with Crippen molar-refractivity contribution in [3.05, 3.63) is 23.3 Å². The Morgan fingerprint density at radius 2 is 1.42 bits per heavy atom. The van der Waals surface area contributed by atoms with Crippen molar-refractivity contribution in [1.29, 1.82) is 0 Å². The van der Waals surface area contributed by atoms with Crippen LogP contribution >= 0.6 is 9.24 Å². The minimum absolute atomic E-state index is 0.125. The van der Waals surface area contributed by atoms with E-state index >= 15 is 0 Å². The third kappa shape index (κ3) is 3.14. The Kier molecular flexibility index (Phi) is 5.07. The molecule has 1 unspecified atom stereocenters. The number of hydrogen-bond donors (Lipinski definition) is 0. The Hall–Kier alpha value is -0.550. The fourth-order valence-corrected chi connectivity index (χ4v) is 3.16. The van der Waals surface area contributed by atoms with Gasteiger partial charge in [-0.25, -0.2) is 0 Å². The summed E-state index contributed by atoms with van der Waals surface area (Å²) in [5.41, 5.74) is 3.09. The van der Waals surface area contributed by atoms with Crippen LogP contribution in [0.5, 0.6) is 5.75 Å². The number of ether oxygens (including phenoxy) is 1. The fourth-order valence-electron chi connectivity index (χ4n) is 2.52. The lowest BCUT2D eigenvalue weighted by atomic mass is 9.71. The highest BCUT2D eigenvalue weighted by Crippen LogP contribution is 2.42. The van der Waals surface area contributed by atoms with Crippen LogP contribution in [0.15, 0.2) is 12.1 Å². The highest BCUT2D eigenvalue weighted by atomic mass is 31.0. The first-order valence-electron chi connectivity index (χ1n) is 7.18. The summed E-state index contributed by atoms with van der Waals surface area (Å²) in [7, 11) is 4.68. The Morgan fingerprint density at radius 1 is 0.947 bits per heavy atom. The van der Waals surface area contributed by atoms with Gasteiger partial charge in [-0.2, -0.15) is 0 Å². The molecule has 0 bridgehead atoms. The summed E-state index contributed by atoms with van der Waals surface area (Å²) < 4.78 is 5.66. The second-order valence-corrected chi connectivity index (χ2v) is 7.20. The molecule has 1 nitrogen and oxygen atoms in total. The van der Waals surface area contributed by atoms with E-state index in [1.54, 1.807) is 7.11 Å². The van der Waals surface area contributed by atoms with E-state index in [-0.39, 0.29) is 10.8 Å². The molecule has 1 atom stereocenters. The molecule has 1 rings (SSSR count). The number of rotatable bonds is 5. The summed E-state index contributed by atoms with van der Waals surface area (Å²) >= 11 is 0. The van der Waals surface area contributed by atoms with Crippen molar-refractivity contribution in [2.75, 3.05) is 7.11 Å². The molecular weight excluding hydrogens is 251 g/mol. The molecule has 0 heterocycles. The zero-order valence-corrected chi connectivity index (χ0v) is 14.7. The minimum atomic E-state index is 0.125. The molecular formula is C17H29OP. The summed E-state index contributed by atoms with van der Waals surface area (Å²) in [6.07, 6.45) is 2.22. The van der Waals surface area contributed by atoms with Crippen LogP contribution in [0.25, 0.3) is 0 Å². The largest absolute Gasteiger partial charge is 0.496 e. The Labute approximate surface area is 121 Å². The second-order valence-electron chi connectivity index (χ2n) is 6.58. The molecule has 19 heavy (non-hydrogen) atoms. The van der Waals surface area contributed by atoms with E-state index in [1.807, 2.05) is 0 Å². The van der Waals surface area contributed by atoms with Crippen LogP contribution in [-0.4, -0.2) is 7.11 Å². The normalized spacial score (nSPS) is 12.6. The van der Waals surface area contributed by atoms with Crippen LogP contribution < -0.4 is 10.0 Å². The average molecular weight is 280 g/mol. The van der Waals surface area contributed by atoms with E-state index in [0.29, 0.717) is 0 Å². The lowest BCUT2D eigenvalue weighted by Crippen LogP contribution is -2.30. The van der Waals surface area contributed by atoms with E-state index in [1.165, 1.54) is 16.4 Å². The molecule has 0 aliphatic heterocycles. The topological polar surface area (TPSA) is 9.23 Å². The molecule has 2 heteroatoms. The highest BCUT2D eigenvalue weighted by Gasteiger charge is 2.33. The van der Waals surface area contributed by atoms with E-state index < -0.39 is 0 Å². The summed E-state index contributed by atoms with van der Waals surface area (Å²) in [6, 6.07) is 4.26. The molecule has 0 amide bonds. The van der Waals surface area contributed by atoms with Crippen LogP contribution in [0.3, 0.4) is 0 Å². The van der Waals surface area contributed by atoms with E-state index in [4.69, 9.17) is 4.74 Å². The molecule has 0 fully saturated rings. The Bertz CT molecular complexity index is 447. The molecule has 0 aromatic heterocycles. The quantitative estimate of drug-likeness (QED) is 0.718. The predicted molar refractivity (Wildman–Crippen MR) is 89.0 cm³/mol. The molecule has 0 N–H and O–H groups in total. The van der Waals surface area contributed by atoms with E-state index in [2.05, 4.69) is 62.9 Å². The van der Waals surface area contributed by atoms with Crippen LogP contribution in [0.4, 0.5) is 0 Å². The molecule has 1 aromatic rings. The maximum absolute atomic E-state index is 5.66. The van der Waals surface area contributed by atoms with Gasteiger partial charge in [0.05, 0.1) is 7.11 Å². The SMILES string of the molecule is CCC(C)(C)c1c(P)ccc(OC)c1C(C)(C)CC. The van der Waals surface area contributed by atoms with E-state index in [9.17, 15) is 0 Å². The zero-order valence-electron chi connectivity index (χ0n) is 13.6. The van der Waals surface area contributed by atoms with Crippen LogP contribution in [0, 0.1) is 0 Å². The highest BCUT2D eigenvalue weighted by molar-refractivity contribution is 7.27. The first-order valence-corrected chi connectivity index (χ1v) is 7.76. The van der Waals surface area contributed by atoms with Crippen molar-refractivity contribution in [2.45, 2.75) is 65.2 Å². The van der Waals surface area contributed by atoms with Gasteiger partial charge in [-0.15, -0.1) is 9.24 Å². The van der Waals surface area contributed by atoms with Crippen molar-refractivity contribution < 1.29 is 4.74 Å². The predicted octanol–water partition coefficient (Wildman–Crippen LogP) is 4.57. The standard InChI is InChI=1S/C17H29OP/c1-8-16(3,4)14-12(18-7)10-11-13(19)15(14)17(5,6)9-2/h10-11H,8-9,19H2,1-7H3. The molecule has 1 aromatic carbocycles. The lowest BCUT2D eigenvalue weighted by Gasteiger charge is -2.36. The van der Waals surface area contributed by atoms with Crippen molar-refractivity contribution in [3.8, 4) is 5.75 Å². The second kappa shape index (κ2) is 5.83. The van der Waals surface area contributed by atoms with Gasteiger partial charge >= 0.3 is 0 Å². The van der Waals surface area contributed by atoms with Gasteiger partial charge in [0, 0.05) is 5.56 Å². The molecule has 108 valence electrons. The summed E-state index contributed by atoms with van der Waals surface area (Å²) in [4.78, 5) is 0. The molecule has 0 aliphatic carbocycles. The molecule has 0 aliphatic rings. The number of benzene rings is 1. The van der Waals surface area contributed by atoms with Gasteiger partial charge in [0.15, 0.2) is 0 Å². The van der Waals surface area contributed by atoms with Gasteiger partial charge in [0.1, 0.15) is 5.75 Å². The fraction of sp³-hybridized carbons (Fsp3) is 0.647. The van der Waals surface area contributed by atoms with Crippen molar-refractivity contribution in [3.63, 3.8) is 0 Å². The molecule has 0 saturated carbocycles. The first kappa shape index (κ1) is 16.5. The number of methoxy groups -OCH3 is 1. The van der Waals surface area contributed by atoms with Crippen molar-refractivity contribution in [2.24, 2.45) is 0 Å². The van der Waals surface area contributed by atoms with Crippen LogP contribution in [-0.2, 0) is 10.8 Å². The number of hydrogen-bond acceptors (Lipinski definition) is 1. The van der Waals surface area contributed by atoms with Gasteiger partial charge in [-0.3, -0.25) is 0 Å². The maximum atomic E-state index is 5.66. The van der Waals surface area contributed by atoms with E-state index in [0.717, 1.165) is 18.6 Å². The zero-order chi connectivity index (χ0) is 14.8. The Balaban J connectivity index is 3.69. The molecule has 0 radical (unpaired) electrons. The van der Waals surface area contributed by atoms with Gasteiger partial charge in [-0.1, -0.05) is 47.6 Å².